The van der Waals surface area contributed by atoms with E-state index in [4.69, 9.17) is 4.74 Å². The number of benzene rings is 3. The Kier molecular flexibility index (Phi) is 12.9. The number of rotatable bonds is 15. The summed E-state index contributed by atoms with van der Waals surface area (Å²) in [6.07, 6.45) is 0.342. The van der Waals surface area contributed by atoms with Crippen LogP contribution in [0, 0.1) is 11.8 Å². The third kappa shape index (κ3) is 10.5. The standard InChI is InChI=1S/C37H47N5O6/c1-23(2)19-30(35(45)41-31(34(44)39-24(3)4)21-28-17-18-38-33(28)43)40-36(46)32(42-37(47)48-22-25-11-6-5-7-12-25)20-27-15-10-14-26-13-8-9-16-29(26)27/h5-16,23-24,28,30-32H,17-22H2,1-4H3,(H,38,43)(H,39,44)(H,40,46)(H,41,45)(H,42,47)/t28-,30-,31-,32-/m0/s1. The first-order chi connectivity index (χ1) is 23.0. The molecule has 5 amide bonds. The lowest BCUT2D eigenvalue weighted by Crippen LogP contribution is -2.58. The number of nitrogens with one attached hydrogen (secondary N) is 5. The van der Waals surface area contributed by atoms with Gasteiger partial charge >= 0.3 is 6.09 Å². The van der Waals surface area contributed by atoms with Crippen LogP contribution in [0.25, 0.3) is 10.8 Å². The van der Waals surface area contributed by atoms with E-state index in [-0.39, 0.29) is 43.7 Å². The van der Waals surface area contributed by atoms with Gasteiger partial charge in [0.1, 0.15) is 24.7 Å². The Morgan fingerprint density at radius 3 is 2.10 bits per heavy atom. The number of alkyl carbamates (subject to hydrolysis) is 1. The van der Waals surface area contributed by atoms with Gasteiger partial charge in [-0.1, -0.05) is 86.6 Å². The first kappa shape index (κ1) is 35.9. The van der Waals surface area contributed by atoms with Gasteiger partial charge in [-0.2, -0.15) is 0 Å². The highest BCUT2D eigenvalue weighted by Crippen LogP contribution is 2.21. The number of fused-ring (bicyclic) bond motifs is 1. The lowest BCUT2D eigenvalue weighted by Gasteiger charge is -2.27. The molecular formula is C37H47N5O6. The molecule has 11 heteroatoms. The molecule has 1 aliphatic heterocycles. The molecule has 4 atom stereocenters. The van der Waals surface area contributed by atoms with Crippen LogP contribution in [0.5, 0.6) is 0 Å². The normalized spacial score (nSPS) is 16.1. The number of carbonyl (C=O) groups excluding carboxylic acids is 5. The first-order valence-electron chi connectivity index (χ1n) is 16.6. The smallest absolute Gasteiger partial charge is 0.408 e. The van der Waals surface area contributed by atoms with Gasteiger partial charge in [0.25, 0.3) is 0 Å². The maximum atomic E-state index is 14.0. The van der Waals surface area contributed by atoms with Crippen LogP contribution in [-0.4, -0.2) is 60.4 Å². The van der Waals surface area contributed by atoms with Gasteiger partial charge in [0.2, 0.25) is 23.6 Å². The third-order valence-corrected chi connectivity index (χ3v) is 8.21. The summed E-state index contributed by atoms with van der Waals surface area (Å²) in [6.45, 7) is 8.01. The summed E-state index contributed by atoms with van der Waals surface area (Å²) in [7, 11) is 0. The van der Waals surface area contributed by atoms with Crippen molar-refractivity contribution in [2.75, 3.05) is 6.54 Å². The minimum atomic E-state index is -1.08. The molecule has 4 rings (SSSR count). The summed E-state index contributed by atoms with van der Waals surface area (Å²) in [6, 6.07) is 19.5. The average Bonchev–Trinajstić information content (AvgIpc) is 3.46. The Bertz CT molecular complexity index is 1570. The molecule has 0 radical (unpaired) electrons. The van der Waals surface area contributed by atoms with E-state index >= 15 is 0 Å². The Morgan fingerprint density at radius 1 is 0.771 bits per heavy atom. The molecule has 1 saturated heterocycles. The maximum Gasteiger partial charge on any atom is 0.408 e. The zero-order chi connectivity index (χ0) is 34.6. The molecule has 0 bridgehead atoms. The molecule has 5 N–H and O–H groups in total. The number of carbonyl (C=O) groups is 5. The summed E-state index contributed by atoms with van der Waals surface area (Å²) >= 11 is 0. The molecule has 1 heterocycles. The molecule has 0 aliphatic carbocycles. The lowest BCUT2D eigenvalue weighted by atomic mass is 9.96. The van der Waals surface area contributed by atoms with Crippen molar-refractivity contribution in [2.45, 2.75) is 84.2 Å². The highest BCUT2D eigenvalue weighted by atomic mass is 16.5. The van der Waals surface area contributed by atoms with Crippen molar-refractivity contribution in [1.29, 1.82) is 0 Å². The monoisotopic (exact) mass is 657 g/mol. The SMILES string of the molecule is CC(C)C[C@H](NC(=O)[C@H](Cc1cccc2ccccc12)NC(=O)OCc1ccccc1)C(=O)N[C@@H](C[C@@H]1CCNC1=O)C(=O)NC(C)C. The van der Waals surface area contributed by atoms with E-state index in [0.29, 0.717) is 13.0 Å². The number of amides is 5. The second kappa shape index (κ2) is 17.3. The van der Waals surface area contributed by atoms with Crippen molar-refractivity contribution in [1.82, 2.24) is 26.6 Å². The number of hydrogen-bond donors (Lipinski definition) is 5. The fourth-order valence-electron chi connectivity index (χ4n) is 5.83. The molecule has 0 spiro atoms. The van der Waals surface area contributed by atoms with E-state index in [0.717, 1.165) is 21.9 Å². The van der Waals surface area contributed by atoms with E-state index in [9.17, 15) is 24.0 Å². The molecule has 48 heavy (non-hydrogen) atoms. The van der Waals surface area contributed by atoms with Crippen LogP contribution in [0.2, 0.25) is 0 Å². The summed E-state index contributed by atoms with van der Waals surface area (Å²) in [5, 5.41) is 15.9. The molecule has 3 aromatic rings. The van der Waals surface area contributed by atoms with Crippen LogP contribution in [0.15, 0.2) is 72.8 Å². The minimum Gasteiger partial charge on any atom is -0.445 e. The van der Waals surface area contributed by atoms with Gasteiger partial charge in [-0.15, -0.1) is 0 Å². The van der Waals surface area contributed by atoms with Gasteiger partial charge in [-0.3, -0.25) is 19.2 Å². The highest BCUT2D eigenvalue weighted by Gasteiger charge is 2.34. The predicted octanol–water partition coefficient (Wildman–Crippen LogP) is 3.74. The van der Waals surface area contributed by atoms with Crippen molar-refractivity contribution in [3.63, 3.8) is 0 Å². The minimum absolute atomic E-state index is 0.00455. The lowest BCUT2D eigenvalue weighted by molar-refractivity contribution is -0.133. The number of ether oxygens (including phenoxy) is 1. The van der Waals surface area contributed by atoms with Gasteiger partial charge < -0.3 is 31.3 Å². The van der Waals surface area contributed by atoms with Gasteiger partial charge in [-0.05, 0) is 60.9 Å². The van der Waals surface area contributed by atoms with Crippen LogP contribution in [0.3, 0.4) is 0 Å². The summed E-state index contributed by atoms with van der Waals surface area (Å²) in [4.78, 5) is 66.3. The fourth-order valence-corrected chi connectivity index (χ4v) is 5.83. The van der Waals surface area contributed by atoms with Gasteiger partial charge in [0.15, 0.2) is 0 Å². The van der Waals surface area contributed by atoms with Crippen molar-refractivity contribution in [2.24, 2.45) is 11.8 Å². The van der Waals surface area contributed by atoms with E-state index in [1.807, 2.05) is 100 Å². The molecule has 3 aromatic carbocycles. The molecule has 0 aromatic heterocycles. The van der Waals surface area contributed by atoms with Crippen LogP contribution in [0.1, 0.15) is 58.1 Å². The Hall–Kier alpha value is -4.93. The van der Waals surface area contributed by atoms with Crippen LogP contribution in [0.4, 0.5) is 4.79 Å². The van der Waals surface area contributed by atoms with Gasteiger partial charge in [-0.25, -0.2) is 4.79 Å². The molecule has 11 nitrogen and oxygen atoms in total. The molecule has 0 saturated carbocycles. The molecule has 256 valence electrons. The van der Waals surface area contributed by atoms with E-state index in [2.05, 4.69) is 26.6 Å². The topological polar surface area (TPSA) is 155 Å². The van der Waals surface area contributed by atoms with Crippen molar-refractivity contribution in [3.8, 4) is 0 Å². The number of hydrogen-bond acceptors (Lipinski definition) is 6. The predicted molar refractivity (Wildman–Crippen MR) is 184 cm³/mol. The van der Waals surface area contributed by atoms with Crippen molar-refractivity contribution < 1.29 is 28.7 Å². The Balaban J connectivity index is 1.54. The largest absolute Gasteiger partial charge is 0.445 e. The second-order valence-corrected chi connectivity index (χ2v) is 13.0. The van der Waals surface area contributed by atoms with E-state index < -0.39 is 47.9 Å². The molecular weight excluding hydrogens is 610 g/mol. The van der Waals surface area contributed by atoms with Crippen LogP contribution >= 0.6 is 0 Å². The third-order valence-electron chi connectivity index (χ3n) is 8.21. The van der Waals surface area contributed by atoms with Crippen LogP contribution < -0.4 is 26.6 Å². The van der Waals surface area contributed by atoms with Crippen molar-refractivity contribution >= 4 is 40.5 Å². The zero-order valence-electron chi connectivity index (χ0n) is 28.1. The fraction of sp³-hybridized carbons (Fsp3) is 0.432. The Labute approximate surface area is 281 Å². The van der Waals surface area contributed by atoms with Crippen LogP contribution in [-0.2, 0) is 36.9 Å². The van der Waals surface area contributed by atoms with E-state index in [1.165, 1.54) is 0 Å². The summed E-state index contributed by atoms with van der Waals surface area (Å²) in [5.74, 6) is -2.08. The Morgan fingerprint density at radius 2 is 1.42 bits per heavy atom. The zero-order valence-corrected chi connectivity index (χ0v) is 28.1. The molecule has 1 fully saturated rings. The highest BCUT2D eigenvalue weighted by molar-refractivity contribution is 5.95. The maximum absolute atomic E-state index is 14.0. The summed E-state index contributed by atoms with van der Waals surface area (Å²) < 4.78 is 5.45. The van der Waals surface area contributed by atoms with E-state index in [1.54, 1.807) is 0 Å². The quantitative estimate of drug-likeness (QED) is 0.168. The first-order valence-corrected chi connectivity index (χ1v) is 16.6. The van der Waals surface area contributed by atoms with Gasteiger partial charge in [0.05, 0.1) is 0 Å². The second-order valence-electron chi connectivity index (χ2n) is 13.0. The molecule has 1 aliphatic rings. The van der Waals surface area contributed by atoms with Gasteiger partial charge in [0, 0.05) is 24.9 Å². The molecule has 0 unspecified atom stereocenters. The summed E-state index contributed by atoms with van der Waals surface area (Å²) in [5.41, 5.74) is 1.63. The average molecular weight is 658 g/mol. The van der Waals surface area contributed by atoms with Crippen molar-refractivity contribution in [3.05, 3.63) is 83.9 Å².